The molecule has 5 nitrogen and oxygen atoms in total. The molecule has 2 rings (SSSR count). The summed E-state index contributed by atoms with van der Waals surface area (Å²) in [6.07, 6.45) is -2.53. The second kappa shape index (κ2) is 7.48. The summed E-state index contributed by atoms with van der Waals surface area (Å²) in [5.41, 5.74) is -1.01. The second-order valence-corrected chi connectivity index (χ2v) is 5.27. The molecule has 1 aromatic carbocycles. The number of amides is 1. The number of hydrogen-bond donors (Lipinski definition) is 2. The molecule has 0 fully saturated rings. The summed E-state index contributed by atoms with van der Waals surface area (Å²) in [4.78, 5) is 19.9. The van der Waals surface area contributed by atoms with Crippen molar-refractivity contribution in [1.82, 2.24) is 9.97 Å². The van der Waals surface area contributed by atoms with Crippen molar-refractivity contribution in [2.75, 3.05) is 17.2 Å². The van der Waals surface area contributed by atoms with Gasteiger partial charge in [-0.15, -0.1) is 0 Å². The zero-order chi connectivity index (χ0) is 17.7. The molecule has 1 aromatic heterocycles. The highest BCUT2D eigenvalue weighted by Gasteiger charge is 2.33. The van der Waals surface area contributed by atoms with E-state index in [2.05, 4.69) is 20.6 Å². The van der Waals surface area contributed by atoms with E-state index in [1.807, 2.05) is 6.92 Å². The van der Waals surface area contributed by atoms with Gasteiger partial charge < -0.3 is 10.6 Å². The lowest BCUT2D eigenvalue weighted by molar-refractivity contribution is -0.137. The first kappa shape index (κ1) is 18.0. The van der Waals surface area contributed by atoms with Crippen molar-refractivity contribution < 1.29 is 18.0 Å². The van der Waals surface area contributed by atoms with Crippen LogP contribution in [0.5, 0.6) is 0 Å². The van der Waals surface area contributed by atoms with Gasteiger partial charge in [-0.1, -0.05) is 18.5 Å². The molecule has 1 heterocycles. The van der Waals surface area contributed by atoms with Crippen LogP contribution in [0.1, 0.15) is 29.4 Å². The van der Waals surface area contributed by atoms with E-state index in [1.54, 1.807) is 0 Å². The Morgan fingerprint density at radius 3 is 2.67 bits per heavy atom. The molecule has 24 heavy (non-hydrogen) atoms. The van der Waals surface area contributed by atoms with Gasteiger partial charge in [0.1, 0.15) is 17.8 Å². The van der Waals surface area contributed by atoms with Crippen LogP contribution in [0, 0.1) is 0 Å². The molecule has 0 saturated heterocycles. The van der Waals surface area contributed by atoms with Crippen LogP contribution in [0.25, 0.3) is 0 Å². The molecule has 0 bridgehead atoms. The Bertz CT molecular complexity index is 737. The zero-order valence-electron chi connectivity index (χ0n) is 12.6. The third-order valence-electron chi connectivity index (χ3n) is 2.99. The molecule has 128 valence electrons. The van der Waals surface area contributed by atoms with E-state index in [0.29, 0.717) is 12.4 Å². The molecule has 0 aliphatic carbocycles. The molecule has 0 spiro atoms. The predicted molar refractivity (Wildman–Crippen MR) is 85.2 cm³/mol. The van der Waals surface area contributed by atoms with Gasteiger partial charge in [-0.2, -0.15) is 13.2 Å². The van der Waals surface area contributed by atoms with Gasteiger partial charge in [0, 0.05) is 18.3 Å². The molecule has 2 N–H and O–H groups in total. The van der Waals surface area contributed by atoms with Crippen molar-refractivity contribution >= 4 is 29.0 Å². The number of rotatable bonds is 5. The number of nitrogens with zero attached hydrogens (tertiary/aromatic N) is 2. The molecule has 0 aliphatic heterocycles. The Balaban J connectivity index is 2.18. The summed E-state index contributed by atoms with van der Waals surface area (Å²) in [7, 11) is 0. The summed E-state index contributed by atoms with van der Waals surface area (Å²) in [6, 6.07) is 4.56. The summed E-state index contributed by atoms with van der Waals surface area (Å²) in [5.74, 6) is -0.184. The Hall–Kier alpha value is -2.35. The van der Waals surface area contributed by atoms with Gasteiger partial charge in [0.25, 0.3) is 5.91 Å². The van der Waals surface area contributed by atoms with Crippen LogP contribution >= 0.6 is 11.6 Å². The fourth-order valence-electron chi connectivity index (χ4n) is 1.85. The minimum absolute atomic E-state index is 0.0293. The summed E-state index contributed by atoms with van der Waals surface area (Å²) in [5, 5.41) is 4.92. The Morgan fingerprint density at radius 2 is 2.00 bits per heavy atom. The van der Waals surface area contributed by atoms with E-state index in [4.69, 9.17) is 11.6 Å². The number of carbonyl (C=O) groups excluding carboxylic acids is 1. The first-order valence-electron chi connectivity index (χ1n) is 7.05. The fourth-order valence-corrected chi connectivity index (χ4v) is 2.07. The number of aromatic nitrogens is 2. The van der Waals surface area contributed by atoms with Crippen LogP contribution in [-0.4, -0.2) is 22.4 Å². The van der Waals surface area contributed by atoms with Gasteiger partial charge in [-0.05, 0) is 24.6 Å². The van der Waals surface area contributed by atoms with Crippen molar-refractivity contribution in [2.45, 2.75) is 19.5 Å². The number of benzene rings is 1. The van der Waals surface area contributed by atoms with Gasteiger partial charge in [-0.25, -0.2) is 9.97 Å². The molecule has 0 atom stereocenters. The zero-order valence-corrected chi connectivity index (χ0v) is 13.4. The number of anilines is 2. The van der Waals surface area contributed by atoms with Gasteiger partial charge in [0.05, 0.1) is 10.6 Å². The van der Waals surface area contributed by atoms with Crippen LogP contribution < -0.4 is 10.6 Å². The average Bonchev–Trinajstić information content (AvgIpc) is 2.54. The van der Waals surface area contributed by atoms with Gasteiger partial charge in [0.2, 0.25) is 0 Å². The summed E-state index contributed by atoms with van der Waals surface area (Å²) >= 11 is 5.54. The fraction of sp³-hybridized carbons (Fsp3) is 0.267. The molecule has 0 saturated carbocycles. The lowest BCUT2D eigenvalue weighted by Crippen LogP contribution is -2.15. The van der Waals surface area contributed by atoms with E-state index in [9.17, 15) is 18.0 Å². The number of carbonyl (C=O) groups is 1. The van der Waals surface area contributed by atoms with Crippen molar-refractivity contribution in [3.63, 3.8) is 0 Å². The van der Waals surface area contributed by atoms with Crippen molar-refractivity contribution in [2.24, 2.45) is 0 Å². The number of halogens is 4. The molecular formula is C15H14ClF3N4O. The first-order chi connectivity index (χ1) is 11.3. The van der Waals surface area contributed by atoms with Crippen LogP contribution in [0.4, 0.5) is 24.7 Å². The first-order valence-corrected chi connectivity index (χ1v) is 7.43. The lowest BCUT2D eigenvalue weighted by Gasteiger charge is -2.12. The van der Waals surface area contributed by atoms with E-state index in [1.165, 1.54) is 18.5 Å². The molecule has 0 aliphatic rings. The molecular weight excluding hydrogens is 345 g/mol. The second-order valence-electron chi connectivity index (χ2n) is 4.86. The normalized spacial score (nSPS) is 11.2. The third kappa shape index (κ3) is 4.58. The summed E-state index contributed by atoms with van der Waals surface area (Å²) in [6.45, 7) is 2.64. The minimum Gasteiger partial charge on any atom is -0.370 e. The Kier molecular flexibility index (Phi) is 5.61. The van der Waals surface area contributed by atoms with Gasteiger partial charge >= 0.3 is 6.18 Å². The Morgan fingerprint density at radius 1 is 1.25 bits per heavy atom. The van der Waals surface area contributed by atoms with E-state index in [-0.39, 0.29) is 11.4 Å². The average molecular weight is 359 g/mol. The quantitative estimate of drug-likeness (QED) is 0.839. The highest BCUT2D eigenvalue weighted by atomic mass is 35.5. The van der Waals surface area contributed by atoms with Crippen molar-refractivity contribution in [1.29, 1.82) is 0 Å². The van der Waals surface area contributed by atoms with Crippen molar-refractivity contribution in [3.8, 4) is 0 Å². The maximum Gasteiger partial charge on any atom is 0.417 e. The molecule has 2 aromatic rings. The SMILES string of the molecule is CCCNc1cc(C(=O)Nc2ccc(Cl)c(C(F)(F)F)c2)ncn1. The maximum atomic E-state index is 12.8. The molecule has 0 radical (unpaired) electrons. The largest absolute Gasteiger partial charge is 0.417 e. The van der Waals surface area contributed by atoms with E-state index in [0.717, 1.165) is 18.6 Å². The monoisotopic (exact) mass is 358 g/mol. The van der Waals surface area contributed by atoms with Crippen LogP contribution in [0.2, 0.25) is 5.02 Å². The van der Waals surface area contributed by atoms with Crippen LogP contribution in [0.15, 0.2) is 30.6 Å². The number of hydrogen-bond acceptors (Lipinski definition) is 4. The standard InChI is InChI=1S/C15H14ClF3N4O/c1-2-5-20-13-7-12(21-8-22-13)14(24)23-9-3-4-11(16)10(6-9)15(17,18)19/h3-4,6-8H,2,5H2,1H3,(H,23,24)(H,20,21,22). The highest BCUT2D eigenvalue weighted by molar-refractivity contribution is 6.31. The number of alkyl halides is 3. The predicted octanol–water partition coefficient (Wildman–Crippen LogP) is 4.22. The Labute approximate surface area is 141 Å². The topological polar surface area (TPSA) is 66.9 Å². The van der Waals surface area contributed by atoms with E-state index < -0.39 is 22.7 Å². The maximum absolute atomic E-state index is 12.8. The summed E-state index contributed by atoms with van der Waals surface area (Å²) < 4.78 is 38.5. The smallest absolute Gasteiger partial charge is 0.370 e. The lowest BCUT2D eigenvalue weighted by atomic mass is 10.2. The van der Waals surface area contributed by atoms with Crippen LogP contribution in [-0.2, 0) is 6.18 Å². The molecule has 1 amide bonds. The van der Waals surface area contributed by atoms with E-state index >= 15 is 0 Å². The third-order valence-corrected chi connectivity index (χ3v) is 3.32. The van der Waals surface area contributed by atoms with Gasteiger partial charge in [0.15, 0.2) is 0 Å². The van der Waals surface area contributed by atoms with Crippen molar-refractivity contribution in [3.05, 3.63) is 46.9 Å². The van der Waals surface area contributed by atoms with Crippen LogP contribution in [0.3, 0.4) is 0 Å². The van der Waals surface area contributed by atoms with Gasteiger partial charge in [-0.3, -0.25) is 4.79 Å². The molecule has 0 unspecified atom stereocenters. The highest BCUT2D eigenvalue weighted by Crippen LogP contribution is 2.36. The molecule has 9 heteroatoms. The number of nitrogens with one attached hydrogen (secondary N) is 2. The minimum atomic E-state index is -4.61.